The molecule has 2 aromatic heterocycles. The average Bonchev–Trinajstić information content (AvgIpc) is 3.16. The molecule has 0 saturated carbocycles. The standard InChI is InChI=1S/C25H26N4O3S/c1-14(2)22-26-20-21(23(30)27-28-24(20)33-15(3)4)29(22)13-16-9-11-17(12-10-16)18-7-5-6-8-19(18)25(31)32/h5-12,14-15H,13H2,1-4H3,(H,27,30)(H,31,32). The SMILES string of the molecule is CC(C)Sc1nnc(O)c2c1nc(C(C)C)n2Cc1ccc(-c2ccccc2C(=O)O)cc1. The van der Waals surface area contributed by atoms with E-state index in [0.717, 1.165) is 17.0 Å². The third-order valence-corrected chi connectivity index (χ3v) is 6.24. The molecule has 0 bridgehead atoms. The highest BCUT2D eigenvalue weighted by atomic mass is 32.2. The Kier molecular flexibility index (Phi) is 6.37. The fourth-order valence-electron chi connectivity index (χ4n) is 3.83. The van der Waals surface area contributed by atoms with E-state index in [9.17, 15) is 15.0 Å². The topological polar surface area (TPSA) is 101 Å². The number of hydrogen-bond acceptors (Lipinski definition) is 6. The Bertz CT molecular complexity index is 1310. The molecular weight excluding hydrogens is 436 g/mol. The number of rotatable bonds is 7. The van der Waals surface area contributed by atoms with Gasteiger partial charge < -0.3 is 14.8 Å². The fraction of sp³-hybridized carbons (Fsp3) is 0.280. The first kappa shape index (κ1) is 22.8. The number of aromatic nitrogens is 4. The Morgan fingerprint density at radius 1 is 1.03 bits per heavy atom. The molecule has 0 aliphatic carbocycles. The minimum Gasteiger partial charge on any atom is -0.491 e. The summed E-state index contributed by atoms with van der Waals surface area (Å²) in [6.07, 6.45) is 0. The van der Waals surface area contributed by atoms with Crippen molar-refractivity contribution < 1.29 is 15.0 Å². The fourth-order valence-corrected chi connectivity index (χ4v) is 4.62. The van der Waals surface area contributed by atoms with Gasteiger partial charge in [-0.3, -0.25) is 0 Å². The van der Waals surface area contributed by atoms with Gasteiger partial charge in [-0.25, -0.2) is 9.78 Å². The molecule has 170 valence electrons. The summed E-state index contributed by atoms with van der Waals surface area (Å²) in [6, 6.07) is 14.8. The highest BCUT2D eigenvalue weighted by molar-refractivity contribution is 8.00. The lowest BCUT2D eigenvalue weighted by atomic mass is 9.98. The van der Waals surface area contributed by atoms with Crippen molar-refractivity contribution >= 4 is 28.8 Å². The number of aromatic carboxylic acids is 1. The van der Waals surface area contributed by atoms with E-state index in [1.54, 1.807) is 23.9 Å². The zero-order valence-electron chi connectivity index (χ0n) is 19.0. The van der Waals surface area contributed by atoms with Crippen LogP contribution in [0.25, 0.3) is 22.2 Å². The Morgan fingerprint density at radius 2 is 1.73 bits per heavy atom. The van der Waals surface area contributed by atoms with Gasteiger partial charge in [-0.05, 0) is 22.8 Å². The number of carboxylic acids is 1. The Balaban J connectivity index is 1.75. The van der Waals surface area contributed by atoms with E-state index in [1.807, 2.05) is 41.0 Å². The zero-order chi connectivity index (χ0) is 23.7. The predicted molar refractivity (Wildman–Crippen MR) is 130 cm³/mol. The molecule has 7 nitrogen and oxygen atoms in total. The number of thioether (sulfide) groups is 1. The molecule has 0 amide bonds. The monoisotopic (exact) mass is 462 g/mol. The Morgan fingerprint density at radius 3 is 2.36 bits per heavy atom. The average molecular weight is 463 g/mol. The first-order valence-electron chi connectivity index (χ1n) is 10.8. The van der Waals surface area contributed by atoms with E-state index in [-0.39, 0.29) is 17.4 Å². The third kappa shape index (κ3) is 4.57. The van der Waals surface area contributed by atoms with Crippen molar-refractivity contribution in [3.8, 4) is 17.0 Å². The molecule has 33 heavy (non-hydrogen) atoms. The van der Waals surface area contributed by atoms with Crippen molar-refractivity contribution in [1.29, 1.82) is 0 Å². The van der Waals surface area contributed by atoms with Crippen molar-refractivity contribution in [2.24, 2.45) is 0 Å². The molecule has 8 heteroatoms. The highest BCUT2D eigenvalue weighted by Crippen LogP contribution is 2.34. The Labute approximate surface area is 196 Å². The lowest BCUT2D eigenvalue weighted by molar-refractivity contribution is 0.0697. The van der Waals surface area contributed by atoms with Crippen LogP contribution in [0.2, 0.25) is 0 Å². The summed E-state index contributed by atoms with van der Waals surface area (Å²) in [5, 5.41) is 29.2. The molecule has 0 saturated heterocycles. The smallest absolute Gasteiger partial charge is 0.336 e. The van der Waals surface area contributed by atoms with Gasteiger partial charge in [0.1, 0.15) is 21.9 Å². The number of carboxylic acid groups (broad SMARTS) is 1. The summed E-state index contributed by atoms with van der Waals surface area (Å²) < 4.78 is 1.99. The summed E-state index contributed by atoms with van der Waals surface area (Å²) in [4.78, 5) is 16.4. The van der Waals surface area contributed by atoms with Crippen LogP contribution in [0.4, 0.5) is 0 Å². The molecule has 4 aromatic rings. The lowest BCUT2D eigenvalue weighted by Gasteiger charge is -2.13. The summed E-state index contributed by atoms with van der Waals surface area (Å²) >= 11 is 1.57. The molecule has 0 radical (unpaired) electrons. The van der Waals surface area contributed by atoms with E-state index in [2.05, 4.69) is 37.9 Å². The van der Waals surface area contributed by atoms with E-state index < -0.39 is 5.97 Å². The van der Waals surface area contributed by atoms with Crippen molar-refractivity contribution in [2.75, 3.05) is 0 Å². The van der Waals surface area contributed by atoms with Crippen LogP contribution in [0.3, 0.4) is 0 Å². The predicted octanol–water partition coefficient (Wildman–Crippen LogP) is 5.57. The molecule has 0 unspecified atom stereocenters. The number of carbonyl (C=O) groups is 1. The van der Waals surface area contributed by atoms with E-state index in [0.29, 0.717) is 33.4 Å². The number of hydrogen-bond donors (Lipinski definition) is 2. The van der Waals surface area contributed by atoms with Crippen molar-refractivity contribution in [1.82, 2.24) is 19.7 Å². The van der Waals surface area contributed by atoms with Gasteiger partial charge in [-0.1, -0.05) is 81.9 Å². The van der Waals surface area contributed by atoms with Crippen LogP contribution >= 0.6 is 11.8 Å². The summed E-state index contributed by atoms with van der Waals surface area (Å²) in [5.41, 5.74) is 4.03. The first-order chi connectivity index (χ1) is 15.8. The van der Waals surface area contributed by atoms with Gasteiger partial charge in [0.05, 0.1) is 5.56 Å². The lowest BCUT2D eigenvalue weighted by Crippen LogP contribution is -2.07. The molecule has 2 heterocycles. The summed E-state index contributed by atoms with van der Waals surface area (Å²) in [5.74, 6) is -0.103. The molecule has 0 spiro atoms. The van der Waals surface area contributed by atoms with Crippen LogP contribution in [-0.4, -0.2) is 41.2 Å². The van der Waals surface area contributed by atoms with Crippen LogP contribution in [0, 0.1) is 0 Å². The highest BCUT2D eigenvalue weighted by Gasteiger charge is 2.22. The molecule has 4 rings (SSSR count). The number of benzene rings is 2. The molecule has 0 aliphatic rings. The third-order valence-electron chi connectivity index (χ3n) is 5.27. The van der Waals surface area contributed by atoms with Gasteiger partial charge in [0.25, 0.3) is 5.88 Å². The number of fused-ring (bicyclic) bond motifs is 1. The number of nitrogens with zero attached hydrogens (tertiary/aromatic N) is 4. The van der Waals surface area contributed by atoms with Gasteiger partial charge in [-0.2, -0.15) is 0 Å². The Hall–Kier alpha value is -3.39. The van der Waals surface area contributed by atoms with Crippen molar-refractivity contribution in [3.05, 3.63) is 65.5 Å². The number of imidazole rings is 1. The van der Waals surface area contributed by atoms with E-state index >= 15 is 0 Å². The van der Waals surface area contributed by atoms with Crippen molar-refractivity contribution in [3.63, 3.8) is 0 Å². The second kappa shape index (κ2) is 9.23. The van der Waals surface area contributed by atoms with Gasteiger partial charge in [0, 0.05) is 17.7 Å². The van der Waals surface area contributed by atoms with Crippen LogP contribution in [-0.2, 0) is 6.54 Å². The minimum atomic E-state index is -0.951. The maximum absolute atomic E-state index is 11.6. The summed E-state index contributed by atoms with van der Waals surface area (Å²) in [7, 11) is 0. The van der Waals surface area contributed by atoms with Crippen LogP contribution in [0.15, 0.2) is 53.6 Å². The van der Waals surface area contributed by atoms with Crippen molar-refractivity contribution in [2.45, 2.75) is 50.4 Å². The largest absolute Gasteiger partial charge is 0.491 e. The van der Waals surface area contributed by atoms with E-state index in [4.69, 9.17) is 4.98 Å². The maximum atomic E-state index is 11.6. The molecule has 0 atom stereocenters. The van der Waals surface area contributed by atoms with Gasteiger partial charge >= 0.3 is 5.97 Å². The van der Waals surface area contributed by atoms with Crippen LogP contribution in [0.5, 0.6) is 5.88 Å². The normalized spacial score (nSPS) is 11.6. The second-order valence-electron chi connectivity index (χ2n) is 8.45. The first-order valence-corrected chi connectivity index (χ1v) is 11.7. The van der Waals surface area contributed by atoms with Gasteiger partial charge in [0.15, 0.2) is 0 Å². The maximum Gasteiger partial charge on any atom is 0.336 e. The summed E-state index contributed by atoms with van der Waals surface area (Å²) in [6.45, 7) is 8.79. The second-order valence-corrected chi connectivity index (χ2v) is 10.0. The number of aromatic hydroxyl groups is 1. The quantitative estimate of drug-likeness (QED) is 0.346. The molecule has 0 fully saturated rings. The molecule has 0 aliphatic heterocycles. The van der Waals surface area contributed by atoms with Crippen LogP contribution < -0.4 is 0 Å². The molecule has 2 aromatic carbocycles. The van der Waals surface area contributed by atoms with Gasteiger partial charge in [0.2, 0.25) is 0 Å². The molecule has 2 N–H and O–H groups in total. The zero-order valence-corrected chi connectivity index (χ0v) is 19.8. The van der Waals surface area contributed by atoms with E-state index in [1.165, 1.54) is 0 Å². The van der Waals surface area contributed by atoms with Gasteiger partial charge in [-0.15, -0.1) is 10.2 Å². The molecular formula is C25H26N4O3S. The minimum absolute atomic E-state index is 0.135. The van der Waals surface area contributed by atoms with Crippen LogP contribution in [0.1, 0.15) is 55.4 Å².